The number of benzene rings is 1. The Morgan fingerprint density at radius 1 is 1.21 bits per heavy atom. The number of aryl methyl sites for hydroxylation is 1. The van der Waals surface area contributed by atoms with E-state index in [-0.39, 0.29) is 6.04 Å². The largest absolute Gasteiger partial charge is 0.496 e. The van der Waals surface area contributed by atoms with Crippen molar-refractivity contribution in [3.63, 3.8) is 0 Å². The second-order valence-electron chi connectivity index (χ2n) is 5.05. The number of methoxy groups -OCH3 is 1. The molecule has 108 valence electrons. The lowest BCUT2D eigenvalue weighted by Gasteiger charge is -2.22. The number of ether oxygens (including phenoxy) is 1. The highest BCUT2D eigenvalue weighted by Crippen LogP contribution is 2.31. The average Bonchev–Trinajstić information content (AvgIpc) is 2.42. The molecule has 19 heavy (non-hydrogen) atoms. The molecular weight excluding hydrogens is 236 g/mol. The van der Waals surface area contributed by atoms with Crippen LogP contribution >= 0.6 is 0 Å². The van der Waals surface area contributed by atoms with E-state index in [1.54, 1.807) is 7.11 Å². The Labute approximate surface area is 117 Å². The zero-order valence-electron chi connectivity index (χ0n) is 13.0. The molecule has 0 saturated heterocycles. The summed E-state index contributed by atoms with van der Waals surface area (Å²) in [6.45, 7) is 11.7. The summed E-state index contributed by atoms with van der Waals surface area (Å²) in [5.41, 5.74) is 9.90. The Balaban J connectivity index is 2.82. The quantitative estimate of drug-likeness (QED) is 0.822. The maximum atomic E-state index is 6.34. The molecule has 0 aliphatic rings. The van der Waals surface area contributed by atoms with Gasteiger partial charge in [-0.05, 0) is 51.0 Å². The summed E-state index contributed by atoms with van der Waals surface area (Å²) in [4.78, 5) is 2.40. The van der Waals surface area contributed by atoms with Gasteiger partial charge in [-0.3, -0.25) is 0 Å². The summed E-state index contributed by atoms with van der Waals surface area (Å²) < 4.78 is 5.54. The molecule has 0 radical (unpaired) electrons. The van der Waals surface area contributed by atoms with Gasteiger partial charge in [-0.25, -0.2) is 0 Å². The molecule has 3 heteroatoms. The van der Waals surface area contributed by atoms with Crippen LogP contribution in [0.25, 0.3) is 0 Å². The molecule has 1 aromatic carbocycles. The maximum Gasteiger partial charge on any atom is 0.126 e. The van der Waals surface area contributed by atoms with Gasteiger partial charge in [0.05, 0.1) is 7.11 Å². The number of nitrogens with two attached hydrogens (primary N) is 1. The Morgan fingerprint density at radius 2 is 1.84 bits per heavy atom. The van der Waals surface area contributed by atoms with E-state index in [1.165, 1.54) is 11.1 Å². The van der Waals surface area contributed by atoms with E-state index in [4.69, 9.17) is 10.5 Å². The van der Waals surface area contributed by atoms with Crippen LogP contribution < -0.4 is 10.5 Å². The Bertz CT molecular complexity index is 400. The van der Waals surface area contributed by atoms with Gasteiger partial charge in [0.1, 0.15) is 5.75 Å². The van der Waals surface area contributed by atoms with Gasteiger partial charge in [-0.15, -0.1) is 0 Å². The zero-order valence-corrected chi connectivity index (χ0v) is 13.0. The van der Waals surface area contributed by atoms with E-state index in [0.29, 0.717) is 0 Å². The Kier molecular flexibility index (Phi) is 6.32. The third-order valence-electron chi connectivity index (χ3n) is 3.96. The van der Waals surface area contributed by atoms with Crippen LogP contribution in [0.1, 0.15) is 43.0 Å². The standard InChI is InChI=1S/C16H28N2O/c1-6-18(7-2)11-10-15(17)14-9-8-12(3)13(4)16(14)19-5/h8-9,15H,6-7,10-11,17H2,1-5H3. The molecule has 3 nitrogen and oxygen atoms in total. The monoisotopic (exact) mass is 264 g/mol. The van der Waals surface area contributed by atoms with Gasteiger partial charge in [0.15, 0.2) is 0 Å². The molecule has 1 atom stereocenters. The molecule has 0 bridgehead atoms. The molecule has 1 unspecified atom stereocenters. The van der Waals surface area contributed by atoms with Crippen molar-refractivity contribution in [2.45, 2.75) is 40.2 Å². The number of rotatable bonds is 7. The second kappa shape index (κ2) is 7.51. The minimum atomic E-state index is 0.0369. The van der Waals surface area contributed by atoms with Crippen molar-refractivity contribution in [1.29, 1.82) is 0 Å². The van der Waals surface area contributed by atoms with E-state index in [0.717, 1.165) is 37.4 Å². The summed E-state index contributed by atoms with van der Waals surface area (Å²) in [7, 11) is 1.72. The maximum absolute atomic E-state index is 6.34. The minimum absolute atomic E-state index is 0.0369. The summed E-state index contributed by atoms with van der Waals surface area (Å²) in [6.07, 6.45) is 0.959. The highest BCUT2D eigenvalue weighted by molar-refractivity contribution is 5.46. The van der Waals surface area contributed by atoms with Crippen molar-refractivity contribution in [1.82, 2.24) is 4.90 Å². The predicted octanol–water partition coefficient (Wildman–Crippen LogP) is 3.04. The molecule has 0 amide bonds. The van der Waals surface area contributed by atoms with Crippen molar-refractivity contribution in [3.8, 4) is 5.75 Å². The fourth-order valence-corrected chi connectivity index (χ4v) is 2.39. The SMILES string of the molecule is CCN(CC)CCC(N)c1ccc(C)c(C)c1OC. The second-order valence-corrected chi connectivity index (χ2v) is 5.05. The fourth-order valence-electron chi connectivity index (χ4n) is 2.39. The van der Waals surface area contributed by atoms with Crippen LogP contribution in [-0.2, 0) is 0 Å². The molecule has 2 N–H and O–H groups in total. The number of nitrogens with zero attached hydrogens (tertiary/aromatic N) is 1. The smallest absolute Gasteiger partial charge is 0.126 e. The normalized spacial score (nSPS) is 12.8. The lowest BCUT2D eigenvalue weighted by atomic mass is 9.97. The summed E-state index contributed by atoms with van der Waals surface area (Å²) in [6, 6.07) is 4.27. The van der Waals surface area contributed by atoms with Crippen LogP contribution in [-0.4, -0.2) is 31.6 Å². The van der Waals surface area contributed by atoms with Crippen LogP contribution in [0, 0.1) is 13.8 Å². The van der Waals surface area contributed by atoms with Crippen LogP contribution in [0.15, 0.2) is 12.1 Å². The molecule has 1 aromatic rings. The summed E-state index contributed by atoms with van der Waals surface area (Å²) in [5, 5.41) is 0. The van der Waals surface area contributed by atoms with Crippen LogP contribution in [0.2, 0.25) is 0 Å². The van der Waals surface area contributed by atoms with Gasteiger partial charge >= 0.3 is 0 Å². The van der Waals surface area contributed by atoms with Crippen molar-refractivity contribution >= 4 is 0 Å². The van der Waals surface area contributed by atoms with Gasteiger partial charge in [0, 0.05) is 11.6 Å². The highest BCUT2D eigenvalue weighted by atomic mass is 16.5. The predicted molar refractivity (Wildman–Crippen MR) is 81.8 cm³/mol. The molecule has 1 rings (SSSR count). The van der Waals surface area contributed by atoms with Gasteiger partial charge in [-0.1, -0.05) is 26.0 Å². The molecule has 0 aliphatic heterocycles. The van der Waals surface area contributed by atoms with Gasteiger partial charge < -0.3 is 15.4 Å². The van der Waals surface area contributed by atoms with Crippen molar-refractivity contribution in [3.05, 3.63) is 28.8 Å². The minimum Gasteiger partial charge on any atom is -0.496 e. The first kappa shape index (κ1) is 16.0. The van der Waals surface area contributed by atoms with E-state index in [1.807, 2.05) is 0 Å². The summed E-state index contributed by atoms with van der Waals surface area (Å²) in [5.74, 6) is 0.951. The lowest BCUT2D eigenvalue weighted by molar-refractivity contribution is 0.289. The topological polar surface area (TPSA) is 38.5 Å². The first-order valence-corrected chi connectivity index (χ1v) is 7.17. The van der Waals surface area contributed by atoms with E-state index in [2.05, 4.69) is 44.7 Å². The third kappa shape index (κ3) is 3.95. The number of hydrogen-bond acceptors (Lipinski definition) is 3. The fraction of sp³-hybridized carbons (Fsp3) is 0.625. The van der Waals surface area contributed by atoms with E-state index < -0.39 is 0 Å². The van der Waals surface area contributed by atoms with E-state index >= 15 is 0 Å². The lowest BCUT2D eigenvalue weighted by Crippen LogP contribution is -2.27. The zero-order chi connectivity index (χ0) is 14.4. The molecular formula is C16H28N2O. The molecule has 0 saturated carbocycles. The van der Waals surface area contributed by atoms with Crippen molar-refractivity contribution < 1.29 is 4.74 Å². The molecule has 0 aliphatic carbocycles. The van der Waals surface area contributed by atoms with Crippen LogP contribution in [0.5, 0.6) is 5.75 Å². The first-order valence-electron chi connectivity index (χ1n) is 7.17. The highest BCUT2D eigenvalue weighted by Gasteiger charge is 2.15. The third-order valence-corrected chi connectivity index (χ3v) is 3.96. The van der Waals surface area contributed by atoms with Gasteiger partial charge in [0.25, 0.3) is 0 Å². The van der Waals surface area contributed by atoms with Crippen molar-refractivity contribution in [2.75, 3.05) is 26.7 Å². The van der Waals surface area contributed by atoms with Crippen LogP contribution in [0.3, 0.4) is 0 Å². The van der Waals surface area contributed by atoms with Gasteiger partial charge in [0.2, 0.25) is 0 Å². The molecule has 0 spiro atoms. The van der Waals surface area contributed by atoms with Gasteiger partial charge in [-0.2, -0.15) is 0 Å². The molecule has 0 aromatic heterocycles. The average molecular weight is 264 g/mol. The Hall–Kier alpha value is -1.06. The number of hydrogen-bond donors (Lipinski definition) is 1. The summed E-state index contributed by atoms with van der Waals surface area (Å²) >= 11 is 0. The van der Waals surface area contributed by atoms with Crippen LogP contribution in [0.4, 0.5) is 0 Å². The van der Waals surface area contributed by atoms with E-state index in [9.17, 15) is 0 Å². The van der Waals surface area contributed by atoms with Crippen molar-refractivity contribution in [2.24, 2.45) is 5.73 Å². The Morgan fingerprint density at radius 3 is 2.37 bits per heavy atom. The first-order chi connectivity index (χ1) is 9.04. The molecule has 0 fully saturated rings. The molecule has 0 heterocycles.